The third-order valence-electron chi connectivity index (χ3n) is 5.51. The number of rotatable bonds is 6. The highest BCUT2D eigenvalue weighted by Crippen LogP contribution is 2.40. The molecular formula is C18H25F2N3O5S. The summed E-state index contributed by atoms with van der Waals surface area (Å²) < 4.78 is 54.2. The molecule has 1 amide bonds. The van der Waals surface area contributed by atoms with Gasteiger partial charge in [-0.05, 0) is 43.5 Å². The van der Waals surface area contributed by atoms with Crippen molar-refractivity contribution in [2.24, 2.45) is 0 Å². The quantitative estimate of drug-likeness (QED) is 0.697. The highest BCUT2D eigenvalue weighted by Gasteiger charge is 2.52. The molecule has 2 N–H and O–H groups in total. The third-order valence-corrected chi connectivity index (χ3v) is 6.86. The molecule has 8 nitrogen and oxygen atoms in total. The van der Waals surface area contributed by atoms with Gasteiger partial charge in [0.05, 0.1) is 24.4 Å². The lowest BCUT2D eigenvalue weighted by atomic mass is 9.83. The minimum atomic E-state index is -3.42. The van der Waals surface area contributed by atoms with Crippen LogP contribution >= 0.6 is 0 Å². The molecular weight excluding hydrogens is 408 g/mol. The van der Waals surface area contributed by atoms with Crippen molar-refractivity contribution in [1.82, 2.24) is 9.21 Å². The van der Waals surface area contributed by atoms with Crippen molar-refractivity contribution in [1.29, 1.82) is 0 Å². The van der Waals surface area contributed by atoms with Crippen LogP contribution in [0.5, 0.6) is 5.75 Å². The highest BCUT2D eigenvalue weighted by atomic mass is 32.2. The van der Waals surface area contributed by atoms with Gasteiger partial charge in [-0.1, -0.05) is 0 Å². The number of β-amino-alcohol motifs (C(OH)–C–C–N with tert-alkyl or cyclic N) is 1. The van der Waals surface area contributed by atoms with Crippen LogP contribution in [0.1, 0.15) is 19.3 Å². The highest BCUT2D eigenvalue weighted by molar-refractivity contribution is 7.88. The minimum Gasteiger partial charge on any atom is -0.435 e. The number of alkyl halides is 2. The van der Waals surface area contributed by atoms with Crippen LogP contribution in [0, 0.1) is 0 Å². The Hall–Kier alpha value is -1.82. The van der Waals surface area contributed by atoms with Crippen molar-refractivity contribution in [2.75, 3.05) is 37.8 Å². The number of likely N-dealkylation sites (tertiary alicyclic amines) is 1. The predicted octanol–water partition coefficient (Wildman–Crippen LogP) is 1.09. The second kappa shape index (κ2) is 8.50. The number of carbonyl (C=O) groups is 1. The minimum absolute atomic E-state index is 0.00514. The van der Waals surface area contributed by atoms with E-state index in [-0.39, 0.29) is 24.7 Å². The molecule has 0 bridgehead atoms. The van der Waals surface area contributed by atoms with E-state index in [1.54, 1.807) is 4.90 Å². The number of halogens is 2. The largest absolute Gasteiger partial charge is 0.435 e. The molecule has 2 aliphatic rings. The molecule has 1 aromatic carbocycles. The summed E-state index contributed by atoms with van der Waals surface area (Å²) in [5.74, 6) is -0.323. The zero-order chi connectivity index (χ0) is 21.2. The number of ether oxygens (including phenoxy) is 1. The molecule has 1 aromatic rings. The third kappa shape index (κ3) is 5.03. The van der Waals surface area contributed by atoms with Gasteiger partial charge in [-0.25, -0.2) is 8.42 Å². The molecule has 2 heterocycles. The number of hydrogen-bond donors (Lipinski definition) is 2. The summed E-state index contributed by atoms with van der Waals surface area (Å²) in [5, 5.41) is 13.4. The lowest BCUT2D eigenvalue weighted by Crippen LogP contribution is -2.63. The van der Waals surface area contributed by atoms with Crippen molar-refractivity contribution in [3.63, 3.8) is 0 Å². The van der Waals surface area contributed by atoms with Crippen LogP contribution in [0.3, 0.4) is 0 Å². The lowest BCUT2D eigenvalue weighted by Gasteiger charge is -2.47. The number of aliphatic hydroxyl groups excluding tert-OH is 1. The number of amides is 1. The van der Waals surface area contributed by atoms with Gasteiger partial charge in [-0.2, -0.15) is 13.1 Å². The van der Waals surface area contributed by atoms with Crippen molar-refractivity contribution >= 4 is 21.6 Å². The first-order chi connectivity index (χ1) is 13.6. The summed E-state index contributed by atoms with van der Waals surface area (Å²) in [7, 11) is -3.42. The fourth-order valence-corrected chi connectivity index (χ4v) is 5.67. The van der Waals surface area contributed by atoms with Gasteiger partial charge in [-0.15, -0.1) is 0 Å². The van der Waals surface area contributed by atoms with Crippen LogP contribution in [0.25, 0.3) is 0 Å². The summed E-state index contributed by atoms with van der Waals surface area (Å²) in [6.07, 6.45) is 2.04. The summed E-state index contributed by atoms with van der Waals surface area (Å²) >= 11 is 0. The maximum absolute atomic E-state index is 12.3. The average Bonchev–Trinajstić information content (AvgIpc) is 3.05. The summed E-state index contributed by atoms with van der Waals surface area (Å²) in [5.41, 5.74) is -0.356. The smallest absolute Gasteiger partial charge is 0.387 e. The van der Waals surface area contributed by atoms with Crippen LogP contribution in [0.4, 0.5) is 14.5 Å². The van der Waals surface area contributed by atoms with Gasteiger partial charge in [0.2, 0.25) is 15.9 Å². The van der Waals surface area contributed by atoms with E-state index in [2.05, 4.69) is 10.1 Å². The van der Waals surface area contributed by atoms with Crippen LogP contribution in [-0.4, -0.2) is 79.3 Å². The molecule has 29 heavy (non-hydrogen) atoms. The standard InChI is InChI=1S/C18H25F2N3O5S/c1-29(26,27)23-9-2-7-18(23)8-10-22(11-15(18)24)12-16(25)21-13-3-5-14(6-4-13)28-17(19)20/h3-6,15,17,24H,2,7-12H2,1H3,(H,21,25)/t15-,18-/m0/s1. The van der Waals surface area contributed by atoms with E-state index in [1.807, 2.05) is 0 Å². The molecule has 2 fully saturated rings. The van der Waals surface area contributed by atoms with Gasteiger partial charge in [-0.3, -0.25) is 9.69 Å². The van der Waals surface area contributed by atoms with Crippen molar-refractivity contribution in [3.8, 4) is 5.75 Å². The Balaban J connectivity index is 1.55. The molecule has 3 rings (SSSR count). The van der Waals surface area contributed by atoms with Gasteiger partial charge < -0.3 is 15.2 Å². The molecule has 0 radical (unpaired) electrons. The van der Waals surface area contributed by atoms with E-state index in [0.29, 0.717) is 38.0 Å². The Morgan fingerprint density at radius 1 is 1.31 bits per heavy atom. The fourth-order valence-electron chi connectivity index (χ4n) is 4.25. The Morgan fingerprint density at radius 3 is 2.59 bits per heavy atom. The van der Waals surface area contributed by atoms with Crippen LogP contribution in [0.2, 0.25) is 0 Å². The Bertz CT molecular complexity index is 836. The maximum Gasteiger partial charge on any atom is 0.387 e. The predicted molar refractivity (Wildman–Crippen MR) is 102 cm³/mol. The van der Waals surface area contributed by atoms with Crippen molar-refractivity contribution in [2.45, 2.75) is 37.5 Å². The van der Waals surface area contributed by atoms with Gasteiger partial charge in [0, 0.05) is 25.3 Å². The second-order valence-corrected chi connectivity index (χ2v) is 9.40. The number of nitrogens with zero attached hydrogens (tertiary/aromatic N) is 2. The Morgan fingerprint density at radius 2 is 2.00 bits per heavy atom. The lowest BCUT2D eigenvalue weighted by molar-refractivity contribution is -0.119. The molecule has 2 atom stereocenters. The first kappa shape index (κ1) is 21.9. The molecule has 1 spiro atoms. The maximum atomic E-state index is 12.3. The fraction of sp³-hybridized carbons (Fsp3) is 0.611. The zero-order valence-corrected chi connectivity index (χ0v) is 16.9. The molecule has 0 aliphatic carbocycles. The van der Waals surface area contributed by atoms with Gasteiger partial charge >= 0.3 is 6.61 Å². The van der Waals surface area contributed by atoms with Crippen LogP contribution in [-0.2, 0) is 14.8 Å². The normalized spacial score (nSPS) is 26.2. The number of sulfonamides is 1. The van der Waals surface area contributed by atoms with Crippen LogP contribution < -0.4 is 10.1 Å². The Labute approximate surface area is 168 Å². The van der Waals surface area contributed by atoms with E-state index in [9.17, 15) is 27.1 Å². The SMILES string of the molecule is CS(=O)(=O)N1CCC[C@@]12CCN(CC(=O)Nc1ccc(OC(F)F)cc1)C[C@@H]2O. The molecule has 11 heteroatoms. The monoisotopic (exact) mass is 433 g/mol. The van der Waals surface area contributed by atoms with E-state index in [1.165, 1.54) is 28.6 Å². The number of nitrogens with one attached hydrogen (secondary N) is 1. The Kier molecular flexibility index (Phi) is 6.42. The van der Waals surface area contributed by atoms with Crippen LogP contribution in [0.15, 0.2) is 24.3 Å². The molecule has 2 aliphatic heterocycles. The number of anilines is 1. The zero-order valence-electron chi connectivity index (χ0n) is 16.1. The summed E-state index contributed by atoms with van der Waals surface area (Å²) in [6.45, 7) is -1.80. The molecule has 162 valence electrons. The molecule has 0 saturated carbocycles. The number of aliphatic hydroxyl groups is 1. The average molecular weight is 433 g/mol. The van der Waals surface area contributed by atoms with Gasteiger partial charge in [0.25, 0.3) is 0 Å². The number of hydrogen-bond acceptors (Lipinski definition) is 6. The first-order valence-corrected chi connectivity index (χ1v) is 11.2. The summed E-state index contributed by atoms with van der Waals surface area (Å²) in [4.78, 5) is 14.1. The molecule has 0 unspecified atom stereocenters. The van der Waals surface area contributed by atoms with Gasteiger partial charge in [0.15, 0.2) is 0 Å². The van der Waals surface area contributed by atoms with Crippen molar-refractivity contribution in [3.05, 3.63) is 24.3 Å². The van der Waals surface area contributed by atoms with Gasteiger partial charge in [0.1, 0.15) is 5.75 Å². The number of carbonyl (C=O) groups excluding carboxylic acids is 1. The summed E-state index contributed by atoms with van der Waals surface area (Å²) in [6, 6.07) is 5.57. The van der Waals surface area contributed by atoms with E-state index in [0.717, 1.165) is 6.26 Å². The molecule has 0 aromatic heterocycles. The number of benzene rings is 1. The van der Waals surface area contributed by atoms with E-state index >= 15 is 0 Å². The number of piperidine rings is 1. The van der Waals surface area contributed by atoms with E-state index in [4.69, 9.17) is 0 Å². The molecule has 2 saturated heterocycles. The van der Waals surface area contributed by atoms with Crippen molar-refractivity contribution < 1.29 is 31.8 Å². The second-order valence-electron chi connectivity index (χ2n) is 7.49. The van der Waals surface area contributed by atoms with E-state index < -0.39 is 28.3 Å². The first-order valence-electron chi connectivity index (χ1n) is 9.33. The topological polar surface area (TPSA) is 99.2 Å².